The van der Waals surface area contributed by atoms with Crippen molar-refractivity contribution < 1.29 is 43.1 Å². The summed E-state index contributed by atoms with van der Waals surface area (Å²) in [6.45, 7) is -0.599. The van der Waals surface area contributed by atoms with E-state index in [2.05, 4.69) is 0 Å². The second-order valence-electron chi connectivity index (χ2n) is 6.38. The number of halogens is 3. The summed E-state index contributed by atoms with van der Waals surface area (Å²) < 4.78 is 50.2. The van der Waals surface area contributed by atoms with Crippen molar-refractivity contribution in [3.63, 3.8) is 0 Å². The predicted molar refractivity (Wildman–Crippen MR) is 91.3 cm³/mol. The van der Waals surface area contributed by atoms with Gasteiger partial charge in [-0.15, -0.1) is 0 Å². The molecule has 2 aromatic rings. The lowest BCUT2D eigenvalue weighted by Crippen LogP contribution is -2.60. The molecular formula is C19H19F3O6. The van der Waals surface area contributed by atoms with Crippen molar-refractivity contribution in [1.29, 1.82) is 0 Å². The highest BCUT2D eigenvalue weighted by Crippen LogP contribution is 2.37. The van der Waals surface area contributed by atoms with Gasteiger partial charge in [-0.2, -0.15) is 13.2 Å². The molecule has 0 unspecified atom stereocenters. The average Bonchev–Trinajstić information content (AvgIpc) is 2.68. The van der Waals surface area contributed by atoms with Crippen molar-refractivity contribution in [2.75, 3.05) is 6.61 Å². The molecule has 9 heteroatoms. The number of hydrogen-bond donors (Lipinski definition) is 4. The fourth-order valence-corrected chi connectivity index (χ4v) is 2.99. The lowest BCUT2D eigenvalue weighted by atomic mass is 9.99. The van der Waals surface area contributed by atoms with E-state index in [-0.39, 0.29) is 11.3 Å². The highest BCUT2D eigenvalue weighted by atomic mass is 19.4. The van der Waals surface area contributed by atoms with Crippen molar-refractivity contribution in [2.24, 2.45) is 0 Å². The Morgan fingerprint density at radius 3 is 2.14 bits per heavy atom. The Labute approximate surface area is 158 Å². The third kappa shape index (κ3) is 4.13. The van der Waals surface area contributed by atoms with E-state index in [4.69, 9.17) is 9.47 Å². The van der Waals surface area contributed by atoms with Gasteiger partial charge in [0.15, 0.2) is 0 Å². The zero-order chi connectivity index (χ0) is 20.5. The van der Waals surface area contributed by atoms with Crippen LogP contribution in [0.4, 0.5) is 13.2 Å². The van der Waals surface area contributed by atoms with Crippen molar-refractivity contribution >= 4 is 0 Å². The van der Waals surface area contributed by atoms with E-state index >= 15 is 0 Å². The first-order valence-electron chi connectivity index (χ1n) is 8.46. The zero-order valence-electron chi connectivity index (χ0n) is 14.5. The van der Waals surface area contributed by atoms with Gasteiger partial charge in [-0.3, -0.25) is 0 Å². The molecule has 1 heterocycles. The largest absolute Gasteiger partial charge is 0.462 e. The summed E-state index contributed by atoms with van der Waals surface area (Å²) in [7, 11) is 0. The van der Waals surface area contributed by atoms with E-state index < -0.39 is 49.1 Å². The van der Waals surface area contributed by atoms with Crippen LogP contribution in [0.3, 0.4) is 0 Å². The van der Waals surface area contributed by atoms with Crippen LogP contribution in [0.5, 0.6) is 5.75 Å². The van der Waals surface area contributed by atoms with Gasteiger partial charge in [0, 0.05) is 0 Å². The van der Waals surface area contributed by atoms with Crippen LogP contribution in [-0.4, -0.2) is 57.7 Å². The summed E-state index contributed by atoms with van der Waals surface area (Å²) in [5.74, 6) is 0.164. The summed E-state index contributed by atoms with van der Waals surface area (Å²) >= 11 is 0. The van der Waals surface area contributed by atoms with E-state index in [1.54, 1.807) is 0 Å². The maximum absolute atomic E-state index is 13.2. The van der Waals surface area contributed by atoms with E-state index in [0.29, 0.717) is 5.56 Å². The number of hydrogen-bond acceptors (Lipinski definition) is 6. The van der Waals surface area contributed by atoms with Crippen LogP contribution in [0.15, 0.2) is 48.5 Å². The number of aliphatic hydroxyl groups excluding tert-OH is 4. The van der Waals surface area contributed by atoms with Gasteiger partial charge in [0.1, 0.15) is 30.2 Å². The van der Waals surface area contributed by atoms with E-state index in [1.807, 2.05) is 0 Å². The molecule has 6 nitrogen and oxygen atoms in total. The molecule has 1 fully saturated rings. The Kier molecular flexibility index (Phi) is 5.92. The molecule has 0 bridgehead atoms. The fraction of sp³-hybridized carbons (Fsp3) is 0.368. The molecule has 0 saturated carbocycles. The lowest BCUT2D eigenvalue weighted by molar-refractivity contribution is -0.277. The number of benzene rings is 2. The number of aliphatic hydroxyl groups is 4. The van der Waals surface area contributed by atoms with Gasteiger partial charge in [0.05, 0.1) is 12.2 Å². The van der Waals surface area contributed by atoms with Crippen LogP contribution in [-0.2, 0) is 10.9 Å². The summed E-state index contributed by atoms with van der Waals surface area (Å²) in [4.78, 5) is 0. The molecule has 1 aliphatic rings. The Morgan fingerprint density at radius 1 is 0.893 bits per heavy atom. The lowest BCUT2D eigenvalue weighted by Gasteiger charge is -2.39. The first kappa shape index (κ1) is 20.6. The fourth-order valence-electron chi connectivity index (χ4n) is 2.99. The molecule has 5 atom stereocenters. The molecule has 0 aliphatic carbocycles. The summed E-state index contributed by atoms with van der Waals surface area (Å²) in [5, 5.41) is 38.7. The van der Waals surface area contributed by atoms with Gasteiger partial charge in [-0.25, -0.2) is 0 Å². The SMILES string of the molecule is OC[C@H]1O[C@H](Oc2ccc(-c3ccccc3C(F)(F)F)cc2)[C@@H](O)[C@@H](O)[C@@H]1O. The molecule has 0 aromatic heterocycles. The molecular weight excluding hydrogens is 381 g/mol. The summed E-state index contributed by atoms with van der Waals surface area (Å²) in [6.07, 6.45) is -11.7. The van der Waals surface area contributed by atoms with Crippen molar-refractivity contribution in [2.45, 2.75) is 36.9 Å². The smallest absolute Gasteiger partial charge is 0.417 e. The van der Waals surface area contributed by atoms with E-state index in [1.165, 1.54) is 42.5 Å². The Hall–Kier alpha value is -2.17. The summed E-state index contributed by atoms with van der Waals surface area (Å²) in [5.41, 5.74) is -0.443. The third-order valence-electron chi connectivity index (χ3n) is 4.50. The Bertz CT molecular complexity index is 793. The summed E-state index contributed by atoms with van der Waals surface area (Å²) in [6, 6.07) is 10.8. The average molecular weight is 400 g/mol. The monoisotopic (exact) mass is 400 g/mol. The molecule has 4 N–H and O–H groups in total. The van der Waals surface area contributed by atoms with Gasteiger partial charge in [-0.1, -0.05) is 30.3 Å². The predicted octanol–water partition coefficient (Wildman–Crippen LogP) is 1.55. The minimum Gasteiger partial charge on any atom is -0.462 e. The van der Waals surface area contributed by atoms with E-state index in [0.717, 1.165) is 6.07 Å². The second kappa shape index (κ2) is 8.06. The topological polar surface area (TPSA) is 99.4 Å². The molecule has 28 heavy (non-hydrogen) atoms. The van der Waals surface area contributed by atoms with Gasteiger partial charge >= 0.3 is 6.18 Å². The number of alkyl halides is 3. The molecule has 0 spiro atoms. The minimum atomic E-state index is -4.50. The molecule has 1 saturated heterocycles. The van der Waals surface area contributed by atoms with Crippen molar-refractivity contribution in [1.82, 2.24) is 0 Å². The number of ether oxygens (including phenoxy) is 2. The third-order valence-corrected chi connectivity index (χ3v) is 4.50. The van der Waals surface area contributed by atoms with Crippen LogP contribution >= 0.6 is 0 Å². The zero-order valence-corrected chi connectivity index (χ0v) is 14.5. The molecule has 0 amide bonds. The minimum absolute atomic E-state index is 0.00869. The molecule has 0 radical (unpaired) electrons. The Balaban J connectivity index is 1.79. The van der Waals surface area contributed by atoms with Crippen LogP contribution in [0.25, 0.3) is 11.1 Å². The molecule has 3 rings (SSSR count). The molecule has 2 aromatic carbocycles. The maximum atomic E-state index is 13.2. The molecule has 152 valence electrons. The van der Waals surface area contributed by atoms with Crippen LogP contribution < -0.4 is 4.74 Å². The van der Waals surface area contributed by atoms with Crippen LogP contribution in [0.2, 0.25) is 0 Å². The van der Waals surface area contributed by atoms with Crippen molar-refractivity contribution in [3.05, 3.63) is 54.1 Å². The van der Waals surface area contributed by atoms with Gasteiger partial charge in [-0.05, 0) is 29.3 Å². The van der Waals surface area contributed by atoms with E-state index in [9.17, 15) is 33.6 Å². The van der Waals surface area contributed by atoms with Gasteiger partial charge in [0.25, 0.3) is 0 Å². The van der Waals surface area contributed by atoms with Crippen LogP contribution in [0.1, 0.15) is 5.56 Å². The van der Waals surface area contributed by atoms with Gasteiger partial charge in [0.2, 0.25) is 6.29 Å². The quantitative estimate of drug-likeness (QED) is 0.622. The molecule has 1 aliphatic heterocycles. The highest BCUT2D eigenvalue weighted by Gasteiger charge is 2.44. The maximum Gasteiger partial charge on any atom is 0.417 e. The van der Waals surface area contributed by atoms with Gasteiger partial charge < -0.3 is 29.9 Å². The first-order chi connectivity index (χ1) is 13.2. The van der Waals surface area contributed by atoms with Crippen LogP contribution in [0, 0.1) is 0 Å². The normalized spacial score (nSPS) is 28.2. The highest BCUT2D eigenvalue weighted by molar-refractivity contribution is 5.68. The number of rotatable bonds is 4. The Morgan fingerprint density at radius 2 is 1.54 bits per heavy atom. The standard InChI is InChI=1S/C19H19F3O6/c20-19(21,22)13-4-2-1-3-12(13)10-5-7-11(8-6-10)27-18-17(26)16(25)15(24)14(9-23)28-18/h1-8,14-18,23-26H,9H2/t14-,15-,16+,17+,18+/m1/s1. The first-order valence-corrected chi connectivity index (χ1v) is 8.46. The second-order valence-corrected chi connectivity index (χ2v) is 6.38. The van der Waals surface area contributed by atoms with Crippen molar-refractivity contribution in [3.8, 4) is 16.9 Å².